The number of rotatable bonds is 7. The first kappa shape index (κ1) is 23.0. The summed E-state index contributed by atoms with van der Waals surface area (Å²) in [6, 6.07) is 26.2. The Kier molecular flexibility index (Phi) is 9.16. The van der Waals surface area contributed by atoms with Crippen molar-refractivity contribution in [3.8, 4) is 0 Å². The molecule has 1 aromatic heterocycles. The zero-order chi connectivity index (χ0) is 22.5. The molecule has 0 saturated carbocycles. The Morgan fingerprint density at radius 1 is 0.806 bits per heavy atom. The first-order chi connectivity index (χ1) is 14.9. The molecule has 3 rings (SSSR count). The number of nitrogens with two attached hydrogens (primary N) is 1. The van der Waals surface area contributed by atoms with E-state index >= 15 is 0 Å². The van der Waals surface area contributed by atoms with Crippen LogP contribution >= 0.6 is 0 Å². The van der Waals surface area contributed by atoms with Crippen LogP contribution in [-0.4, -0.2) is 33.0 Å². The lowest BCUT2D eigenvalue weighted by molar-refractivity contribution is -0.134. The normalized spacial score (nSPS) is 10.9. The summed E-state index contributed by atoms with van der Waals surface area (Å²) >= 11 is 0. The van der Waals surface area contributed by atoms with E-state index in [-0.39, 0.29) is 0 Å². The van der Waals surface area contributed by atoms with Gasteiger partial charge in [0, 0.05) is 30.7 Å². The van der Waals surface area contributed by atoms with Gasteiger partial charge in [0.15, 0.2) is 5.82 Å². The van der Waals surface area contributed by atoms with Crippen molar-refractivity contribution >= 4 is 23.6 Å². The van der Waals surface area contributed by atoms with Gasteiger partial charge in [0.1, 0.15) is 5.84 Å². The summed E-state index contributed by atoms with van der Waals surface area (Å²) in [5.41, 5.74) is 9.42. The summed E-state index contributed by atoms with van der Waals surface area (Å²) in [6.45, 7) is 0. The van der Waals surface area contributed by atoms with Crippen LogP contribution in [0.3, 0.4) is 0 Å². The first-order valence-electron chi connectivity index (χ1n) is 9.43. The molecule has 0 aliphatic rings. The van der Waals surface area contributed by atoms with Crippen molar-refractivity contribution in [3.05, 3.63) is 108 Å². The molecule has 0 spiro atoms. The molecule has 0 fully saturated rings. The lowest BCUT2D eigenvalue weighted by Crippen LogP contribution is -2.14. The van der Waals surface area contributed by atoms with Gasteiger partial charge in [-0.2, -0.15) is 0 Å². The summed E-state index contributed by atoms with van der Waals surface area (Å²) in [6.07, 6.45) is 2.54. The molecule has 0 amide bonds. The molecule has 7 nitrogen and oxygen atoms in total. The van der Waals surface area contributed by atoms with Crippen LogP contribution < -0.4 is 5.73 Å². The van der Waals surface area contributed by atoms with Gasteiger partial charge in [-0.1, -0.05) is 66.7 Å². The van der Waals surface area contributed by atoms with Crippen LogP contribution in [0, 0.1) is 0 Å². The van der Waals surface area contributed by atoms with E-state index in [1.807, 2.05) is 66.7 Å². The number of carboxylic acids is 2. The fourth-order valence-corrected chi connectivity index (χ4v) is 2.57. The Morgan fingerprint density at radius 3 is 1.90 bits per heavy atom. The highest BCUT2D eigenvalue weighted by Crippen LogP contribution is 2.13. The average molecular weight is 417 g/mol. The average Bonchev–Trinajstić information content (AvgIpc) is 2.74. The number of aliphatic imine (C=N–C) groups is 1. The van der Waals surface area contributed by atoms with E-state index in [0.717, 1.165) is 17.7 Å². The molecule has 0 unspecified atom stereocenters. The molecule has 0 atom stereocenters. The maximum atomic E-state index is 9.55. The van der Waals surface area contributed by atoms with Crippen LogP contribution in [0.15, 0.2) is 96.0 Å². The maximum Gasteiger partial charge on any atom is 0.328 e. The van der Waals surface area contributed by atoms with E-state index in [1.54, 1.807) is 0 Å². The van der Waals surface area contributed by atoms with Crippen LogP contribution in [0.5, 0.6) is 0 Å². The Morgan fingerprint density at radius 2 is 1.35 bits per heavy atom. The lowest BCUT2D eigenvalue weighted by atomic mass is 10.1. The maximum absolute atomic E-state index is 9.55. The van der Waals surface area contributed by atoms with Crippen molar-refractivity contribution in [2.45, 2.75) is 12.8 Å². The Balaban J connectivity index is 0.000000366. The second-order valence-electron chi connectivity index (χ2n) is 6.42. The van der Waals surface area contributed by atoms with Crippen LogP contribution in [0.25, 0.3) is 0 Å². The Labute approximate surface area is 180 Å². The number of aromatic nitrogens is 1. The van der Waals surface area contributed by atoms with Crippen LogP contribution in [-0.2, 0) is 22.4 Å². The summed E-state index contributed by atoms with van der Waals surface area (Å²) in [4.78, 5) is 28.1. The molecule has 0 radical (unpaired) electrons. The van der Waals surface area contributed by atoms with Crippen molar-refractivity contribution in [3.63, 3.8) is 0 Å². The smallest absolute Gasteiger partial charge is 0.328 e. The second-order valence-corrected chi connectivity index (χ2v) is 6.42. The van der Waals surface area contributed by atoms with Gasteiger partial charge in [-0.25, -0.2) is 19.6 Å². The molecule has 31 heavy (non-hydrogen) atoms. The number of nitrogens with zero attached hydrogens (tertiary/aromatic N) is 2. The highest BCUT2D eigenvalue weighted by Gasteiger charge is 2.01. The molecule has 0 bridgehead atoms. The van der Waals surface area contributed by atoms with E-state index in [4.69, 9.17) is 15.9 Å². The van der Waals surface area contributed by atoms with Gasteiger partial charge in [-0.15, -0.1) is 0 Å². The summed E-state index contributed by atoms with van der Waals surface area (Å²) in [5.74, 6) is -1.28. The van der Waals surface area contributed by atoms with Crippen molar-refractivity contribution in [2.24, 2.45) is 10.7 Å². The van der Waals surface area contributed by atoms with E-state index in [2.05, 4.69) is 22.1 Å². The van der Waals surface area contributed by atoms with Crippen LogP contribution in [0.1, 0.15) is 16.8 Å². The zero-order valence-electron chi connectivity index (χ0n) is 16.8. The molecule has 4 N–H and O–H groups in total. The standard InChI is InChI=1S/C20H19N3.C4H4O4/c21-19(15-17-10-5-2-6-11-17)23-20-13-7-12-18(22-20)14-16-8-3-1-4-9-16;5-3(6)1-2-4(7)8/h1-13H,14-15H2,(H2,21,22,23);1-2H,(H,5,6)(H,7,8)/b;2-1-. The minimum atomic E-state index is -1.26. The molecule has 3 aromatic rings. The Bertz CT molecular complexity index is 1030. The predicted octanol–water partition coefficient (Wildman–Crippen LogP) is 3.62. The fraction of sp³-hybridized carbons (Fsp3) is 0.0833. The highest BCUT2D eigenvalue weighted by atomic mass is 16.4. The second kappa shape index (κ2) is 12.3. The first-order valence-corrected chi connectivity index (χ1v) is 9.43. The van der Waals surface area contributed by atoms with Gasteiger partial charge in [-0.3, -0.25) is 0 Å². The third-order valence-corrected chi connectivity index (χ3v) is 3.87. The van der Waals surface area contributed by atoms with Gasteiger partial charge < -0.3 is 15.9 Å². The van der Waals surface area contributed by atoms with Crippen molar-refractivity contribution in [1.29, 1.82) is 0 Å². The number of hydrogen-bond acceptors (Lipinski definition) is 4. The Hall–Kier alpha value is -4.26. The van der Waals surface area contributed by atoms with Gasteiger partial charge in [0.25, 0.3) is 0 Å². The number of hydrogen-bond donors (Lipinski definition) is 3. The van der Waals surface area contributed by atoms with Crippen molar-refractivity contribution in [1.82, 2.24) is 4.98 Å². The molecule has 2 aromatic carbocycles. The molecule has 0 saturated heterocycles. The lowest BCUT2D eigenvalue weighted by Gasteiger charge is -2.04. The quantitative estimate of drug-likeness (QED) is 0.306. The van der Waals surface area contributed by atoms with Crippen LogP contribution in [0.4, 0.5) is 5.82 Å². The van der Waals surface area contributed by atoms with Gasteiger partial charge in [-0.05, 0) is 23.3 Å². The van der Waals surface area contributed by atoms with E-state index < -0.39 is 11.9 Å². The zero-order valence-corrected chi connectivity index (χ0v) is 16.8. The number of carboxylic acid groups (broad SMARTS) is 2. The summed E-state index contributed by atoms with van der Waals surface area (Å²) in [7, 11) is 0. The third kappa shape index (κ3) is 9.67. The minimum Gasteiger partial charge on any atom is -0.478 e. The number of pyridine rings is 1. The molecular weight excluding hydrogens is 394 g/mol. The minimum absolute atomic E-state index is 0.558. The summed E-state index contributed by atoms with van der Waals surface area (Å²) < 4.78 is 0. The van der Waals surface area contributed by atoms with E-state index in [0.29, 0.717) is 30.2 Å². The van der Waals surface area contributed by atoms with Crippen molar-refractivity contribution in [2.75, 3.05) is 0 Å². The number of amidine groups is 1. The molecule has 0 aliphatic carbocycles. The predicted molar refractivity (Wildman–Crippen MR) is 119 cm³/mol. The third-order valence-electron chi connectivity index (χ3n) is 3.87. The monoisotopic (exact) mass is 417 g/mol. The largest absolute Gasteiger partial charge is 0.478 e. The number of benzene rings is 2. The van der Waals surface area contributed by atoms with E-state index in [9.17, 15) is 9.59 Å². The van der Waals surface area contributed by atoms with Gasteiger partial charge >= 0.3 is 11.9 Å². The van der Waals surface area contributed by atoms with Crippen molar-refractivity contribution < 1.29 is 19.8 Å². The summed E-state index contributed by atoms with van der Waals surface area (Å²) in [5, 5.41) is 15.6. The topological polar surface area (TPSA) is 126 Å². The fourth-order valence-electron chi connectivity index (χ4n) is 2.57. The highest BCUT2D eigenvalue weighted by molar-refractivity contribution is 5.89. The molecule has 0 aliphatic heterocycles. The van der Waals surface area contributed by atoms with Crippen LogP contribution in [0.2, 0.25) is 0 Å². The van der Waals surface area contributed by atoms with E-state index in [1.165, 1.54) is 5.56 Å². The van der Waals surface area contributed by atoms with Gasteiger partial charge in [0.05, 0.1) is 0 Å². The molecular formula is C24H23N3O4. The molecule has 7 heteroatoms. The molecule has 1 heterocycles. The molecule has 158 valence electrons. The number of aliphatic carboxylic acids is 2. The van der Waals surface area contributed by atoms with Gasteiger partial charge in [0.2, 0.25) is 0 Å². The number of carbonyl (C=O) groups is 2. The SMILES string of the molecule is NC(Cc1ccccc1)=Nc1cccc(Cc2ccccc2)n1.O=C(O)/C=C\C(=O)O.